The number of ether oxygens (including phenoxy) is 2. The van der Waals surface area contributed by atoms with E-state index in [0.29, 0.717) is 50.1 Å². The minimum absolute atomic E-state index is 0.0797. The average Bonchev–Trinajstić information content (AvgIpc) is 3.45. The summed E-state index contributed by atoms with van der Waals surface area (Å²) < 4.78 is 39.0. The molecule has 0 aliphatic carbocycles. The highest BCUT2D eigenvalue weighted by molar-refractivity contribution is 7.89. The highest BCUT2D eigenvalue weighted by Gasteiger charge is 2.41. The number of rotatable bonds is 8. The number of hydrogen-bond donors (Lipinski definition) is 2. The fourth-order valence-electron chi connectivity index (χ4n) is 5.11. The zero-order chi connectivity index (χ0) is 31.4. The van der Waals surface area contributed by atoms with Crippen LogP contribution in [0.25, 0.3) is 0 Å². The number of likely N-dealkylation sites (tertiary alicyclic amines) is 1. The lowest BCUT2D eigenvalue weighted by Gasteiger charge is -2.28. The van der Waals surface area contributed by atoms with E-state index in [1.54, 1.807) is 62.1 Å². The van der Waals surface area contributed by atoms with Crippen molar-refractivity contribution in [3.8, 4) is 5.75 Å². The zero-order valence-electron chi connectivity index (χ0n) is 25.1. The molecule has 11 nitrogen and oxygen atoms in total. The Balaban J connectivity index is 1.46. The Labute approximate surface area is 253 Å². The number of sulfonamides is 1. The van der Waals surface area contributed by atoms with Gasteiger partial charge in [-0.15, -0.1) is 0 Å². The Morgan fingerprint density at radius 2 is 1.60 bits per heavy atom. The van der Waals surface area contributed by atoms with E-state index < -0.39 is 51.8 Å². The van der Waals surface area contributed by atoms with Crippen LogP contribution in [0.4, 0.5) is 4.79 Å². The van der Waals surface area contributed by atoms with E-state index in [0.717, 1.165) is 5.56 Å². The van der Waals surface area contributed by atoms with Crippen molar-refractivity contribution in [1.29, 1.82) is 0 Å². The summed E-state index contributed by atoms with van der Waals surface area (Å²) in [6.45, 7) is 8.07. The van der Waals surface area contributed by atoms with E-state index in [2.05, 4.69) is 5.32 Å². The molecule has 43 heavy (non-hydrogen) atoms. The molecule has 0 aromatic heterocycles. The van der Waals surface area contributed by atoms with Gasteiger partial charge in [-0.1, -0.05) is 29.8 Å². The van der Waals surface area contributed by atoms with Gasteiger partial charge in [0.15, 0.2) is 0 Å². The van der Waals surface area contributed by atoms with E-state index in [1.807, 2.05) is 6.92 Å². The van der Waals surface area contributed by atoms with Crippen LogP contribution in [0.2, 0.25) is 0 Å². The number of esters is 1. The van der Waals surface area contributed by atoms with Crippen LogP contribution in [0.15, 0.2) is 53.4 Å². The lowest BCUT2D eigenvalue weighted by atomic mass is 10.0. The molecule has 2 aliphatic heterocycles. The Morgan fingerprint density at radius 1 is 0.977 bits per heavy atom. The topological polar surface area (TPSA) is 143 Å². The molecular formula is C31H41N3O8S. The van der Waals surface area contributed by atoms with Gasteiger partial charge in [-0.05, 0) is 83.2 Å². The van der Waals surface area contributed by atoms with Crippen LogP contribution >= 0.6 is 0 Å². The molecule has 2 atom stereocenters. The molecule has 2 fully saturated rings. The van der Waals surface area contributed by atoms with Crippen LogP contribution in [-0.2, 0) is 30.8 Å². The number of aliphatic hydroxyl groups excluding tert-OH is 1. The summed E-state index contributed by atoms with van der Waals surface area (Å²) in [6, 6.07) is 11.0. The monoisotopic (exact) mass is 615 g/mol. The Morgan fingerprint density at radius 3 is 2.21 bits per heavy atom. The maximum absolute atomic E-state index is 13.5. The third-order valence-corrected chi connectivity index (χ3v) is 9.36. The number of benzene rings is 2. The summed E-state index contributed by atoms with van der Waals surface area (Å²) in [5, 5.41) is 12.4. The van der Waals surface area contributed by atoms with Crippen molar-refractivity contribution in [1.82, 2.24) is 14.5 Å². The Hall–Kier alpha value is -3.48. The lowest BCUT2D eigenvalue weighted by molar-refractivity contribution is -0.158. The van der Waals surface area contributed by atoms with Crippen LogP contribution in [-0.4, -0.2) is 84.1 Å². The maximum atomic E-state index is 13.5. The van der Waals surface area contributed by atoms with Gasteiger partial charge in [-0.3, -0.25) is 4.79 Å². The molecule has 0 spiro atoms. The molecule has 0 radical (unpaired) electrons. The van der Waals surface area contributed by atoms with Gasteiger partial charge in [0.2, 0.25) is 15.9 Å². The van der Waals surface area contributed by atoms with Crippen molar-refractivity contribution >= 4 is 28.0 Å². The normalized spacial score (nSPS) is 19.1. The van der Waals surface area contributed by atoms with Gasteiger partial charge in [0.1, 0.15) is 23.4 Å². The summed E-state index contributed by atoms with van der Waals surface area (Å²) in [5.41, 5.74) is 0.785. The molecule has 234 valence electrons. The van der Waals surface area contributed by atoms with Crippen molar-refractivity contribution < 1.29 is 37.4 Å². The molecule has 2 heterocycles. The molecular weight excluding hydrogens is 574 g/mol. The summed E-state index contributed by atoms with van der Waals surface area (Å²) in [7, 11) is -3.92. The maximum Gasteiger partial charge on any atom is 0.415 e. The van der Waals surface area contributed by atoms with Gasteiger partial charge in [-0.25, -0.2) is 18.0 Å². The van der Waals surface area contributed by atoms with Crippen LogP contribution in [0, 0.1) is 6.92 Å². The van der Waals surface area contributed by atoms with E-state index >= 15 is 0 Å². The van der Waals surface area contributed by atoms with Crippen molar-refractivity contribution in [3.05, 3.63) is 59.7 Å². The summed E-state index contributed by atoms with van der Waals surface area (Å²) in [5.74, 6) is -0.892. The number of hydrogen-bond acceptors (Lipinski definition) is 8. The SMILES string of the molecule is Cc1ccc(S(=O)(=O)N2CCC[C@H]2C(=O)N[C@@H](Cc2ccc(OC(=O)N3CCC(O)CC3)cc2)C(=O)OC(C)(C)C)cc1. The van der Waals surface area contributed by atoms with Gasteiger partial charge in [0.25, 0.3) is 0 Å². The Kier molecular flexibility index (Phi) is 10.1. The number of piperidine rings is 1. The molecule has 12 heteroatoms. The molecule has 2 N–H and O–H groups in total. The third-order valence-electron chi connectivity index (χ3n) is 7.43. The molecule has 2 aliphatic rings. The summed E-state index contributed by atoms with van der Waals surface area (Å²) >= 11 is 0. The van der Waals surface area contributed by atoms with Crippen molar-refractivity contribution in [2.24, 2.45) is 0 Å². The predicted molar refractivity (Wildman–Crippen MR) is 159 cm³/mol. The van der Waals surface area contributed by atoms with Gasteiger partial charge in [-0.2, -0.15) is 4.31 Å². The number of carbonyl (C=O) groups is 3. The molecule has 2 aromatic rings. The van der Waals surface area contributed by atoms with Gasteiger partial charge < -0.3 is 24.8 Å². The Bertz CT molecular complexity index is 1400. The lowest BCUT2D eigenvalue weighted by Crippen LogP contribution is -2.52. The fraction of sp³-hybridized carbons (Fsp3) is 0.516. The first-order chi connectivity index (χ1) is 20.2. The van der Waals surface area contributed by atoms with Crippen LogP contribution in [0.3, 0.4) is 0 Å². The molecule has 4 rings (SSSR count). The van der Waals surface area contributed by atoms with E-state index in [9.17, 15) is 27.9 Å². The largest absolute Gasteiger partial charge is 0.458 e. The number of amides is 2. The first kappa shape index (κ1) is 32.4. The number of aryl methyl sites for hydroxylation is 1. The number of aliphatic hydroxyl groups is 1. The summed E-state index contributed by atoms with van der Waals surface area (Å²) in [4.78, 5) is 40.8. The van der Waals surface area contributed by atoms with Crippen LogP contribution in [0.5, 0.6) is 5.75 Å². The number of nitrogens with zero attached hydrogens (tertiary/aromatic N) is 2. The average molecular weight is 616 g/mol. The number of carbonyl (C=O) groups excluding carboxylic acids is 3. The second-order valence-electron chi connectivity index (χ2n) is 12.1. The van der Waals surface area contributed by atoms with Gasteiger partial charge >= 0.3 is 12.1 Å². The molecule has 2 aromatic carbocycles. The standard InChI is InChI=1S/C31H41N3O8S/c1-21-7-13-25(14-8-21)43(39,40)34-17-5-6-27(34)28(36)32-26(29(37)42-31(2,3)4)20-22-9-11-24(12-10-22)41-30(38)33-18-15-23(35)16-19-33/h7-14,23,26-27,35H,5-6,15-20H2,1-4H3,(H,32,36)/t26-,27-/m0/s1. The third kappa shape index (κ3) is 8.55. The van der Waals surface area contributed by atoms with Crippen molar-refractivity contribution in [2.75, 3.05) is 19.6 Å². The van der Waals surface area contributed by atoms with Gasteiger partial charge in [0, 0.05) is 26.1 Å². The second-order valence-corrected chi connectivity index (χ2v) is 14.0. The van der Waals surface area contributed by atoms with Crippen LogP contribution < -0.4 is 10.1 Å². The zero-order valence-corrected chi connectivity index (χ0v) is 25.9. The molecule has 2 amide bonds. The highest BCUT2D eigenvalue weighted by atomic mass is 32.2. The predicted octanol–water partition coefficient (Wildman–Crippen LogP) is 3.17. The molecule has 2 saturated heterocycles. The second kappa shape index (κ2) is 13.4. The molecule has 0 unspecified atom stereocenters. The molecule has 0 bridgehead atoms. The van der Waals surface area contributed by atoms with E-state index in [4.69, 9.17) is 9.47 Å². The number of nitrogens with one attached hydrogen (secondary N) is 1. The summed E-state index contributed by atoms with van der Waals surface area (Å²) in [6.07, 6.45) is 1.02. The van der Waals surface area contributed by atoms with Crippen molar-refractivity contribution in [2.45, 2.75) is 88.5 Å². The minimum Gasteiger partial charge on any atom is -0.458 e. The fourth-order valence-corrected chi connectivity index (χ4v) is 6.77. The first-order valence-corrected chi connectivity index (χ1v) is 16.0. The van der Waals surface area contributed by atoms with E-state index in [-0.39, 0.29) is 17.9 Å². The van der Waals surface area contributed by atoms with Gasteiger partial charge in [0.05, 0.1) is 11.0 Å². The smallest absolute Gasteiger partial charge is 0.415 e. The minimum atomic E-state index is -3.92. The molecule has 0 saturated carbocycles. The quantitative estimate of drug-likeness (QED) is 0.432. The van der Waals surface area contributed by atoms with Crippen molar-refractivity contribution in [3.63, 3.8) is 0 Å². The first-order valence-electron chi connectivity index (χ1n) is 14.6. The highest BCUT2D eigenvalue weighted by Crippen LogP contribution is 2.27. The van der Waals surface area contributed by atoms with Crippen LogP contribution in [0.1, 0.15) is 57.6 Å². The van der Waals surface area contributed by atoms with E-state index in [1.165, 1.54) is 16.4 Å².